The molecule has 5 nitrogen and oxygen atoms in total. The van der Waals surface area contributed by atoms with E-state index in [1.54, 1.807) is 7.05 Å². The lowest BCUT2D eigenvalue weighted by molar-refractivity contribution is -0.128. The summed E-state index contributed by atoms with van der Waals surface area (Å²) in [6, 6.07) is 16.9. The van der Waals surface area contributed by atoms with Crippen molar-refractivity contribution in [2.24, 2.45) is 4.99 Å². The molecule has 1 saturated heterocycles. The van der Waals surface area contributed by atoms with Crippen LogP contribution in [0.25, 0.3) is 0 Å². The predicted molar refractivity (Wildman–Crippen MR) is 110 cm³/mol. The van der Waals surface area contributed by atoms with Crippen LogP contribution in [0.3, 0.4) is 0 Å². The standard InChI is InChI=1S/C18H16IN3O2S/c1-22-16(23)11-15(17(24)20-13-5-3-2-4-6-13)25-18(22)21-14-9-7-12(19)8-10-14/h2-10,15H,11H2,1H3,(H,20,24). The van der Waals surface area contributed by atoms with Crippen LogP contribution in [0, 0.1) is 3.57 Å². The molecule has 0 bridgehead atoms. The molecule has 2 aromatic carbocycles. The molecule has 1 aliphatic rings. The van der Waals surface area contributed by atoms with Crippen molar-refractivity contribution in [2.75, 3.05) is 12.4 Å². The Morgan fingerprint density at radius 3 is 2.56 bits per heavy atom. The molecule has 0 spiro atoms. The summed E-state index contributed by atoms with van der Waals surface area (Å²) in [5.74, 6) is -0.302. The SMILES string of the molecule is CN1C(=O)CC(C(=O)Nc2ccccc2)SC1=Nc1ccc(I)cc1. The maximum Gasteiger partial charge on any atom is 0.238 e. The van der Waals surface area contributed by atoms with Crippen molar-refractivity contribution >= 4 is 62.7 Å². The fraction of sp³-hybridized carbons (Fsp3) is 0.167. The Hall–Kier alpha value is -1.87. The number of aliphatic imine (C=N–C) groups is 1. The number of carbonyl (C=O) groups excluding carboxylic acids is 2. The highest BCUT2D eigenvalue weighted by molar-refractivity contribution is 14.1. The zero-order chi connectivity index (χ0) is 17.8. The summed E-state index contributed by atoms with van der Waals surface area (Å²) < 4.78 is 1.11. The van der Waals surface area contributed by atoms with Gasteiger partial charge in [0.05, 0.1) is 5.69 Å². The third-order valence-electron chi connectivity index (χ3n) is 3.65. The highest BCUT2D eigenvalue weighted by Gasteiger charge is 2.34. The van der Waals surface area contributed by atoms with Gasteiger partial charge < -0.3 is 5.32 Å². The number of thioether (sulfide) groups is 1. The summed E-state index contributed by atoms with van der Waals surface area (Å²) in [6.45, 7) is 0. The van der Waals surface area contributed by atoms with Crippen LogP contribution in [0.2, 0.25) is 0 Å². The molecule has 3 rings (SSSR count). The van der Waals surface area contributed by atoms with Gasteiger partial charge in [-0.25, -0.2) is 4.99 Å². The molecule has 1 atom stereocenters. The van der Waals surface area contributed by atoms with Gasteiger partial charge in [-0.3, -0.25) is 14.5 Å². The molecule has 7 heteroatoms. The molecule has 2 aromatic rings. The van der Waals surface area contributed by atoms with Gasteiger partial charge in [0.1, 0.15) is 5.25 Å². The molecule has 0 saturated carbocycles. The molecule has 0 radical (unpaired) electrons. The monoisotopic (exact) mass is 465 g/mol. The van der Waals surface area contributed by atoms with Crippen molar-refractivity contribution in [3.8, 4) is 0 Å². The smallest absolute Gasteiger partial charge is 0.238 e. The number of rotatable bonds is 3. The maximum absolute atomic E-state index is 12.5. The normalized spacial score (nSPS) is 19.1. The van der Waals surface area contributed by atoms with Gasteiger partial charge in [0.25, 0.3) is 0 Å². The summed E-state index contributed by atoms with van der Waals surface area (Å²) >= 11 is 3.54. The minimum absolute atomic E-state index is 0.115. The zero-order valence-electron chi connectivity index (χ0n) is 13.5. The first-order valence-electron chi connectivity index (χ1n) is 7.66. The minimum Gasteiger partial charge on any atom is -0.325 e. The molecule has 2 amide bonds. The van der Waals surface area contributed by atoms with Gasteiger partial charge in [0.15, 0.2) is 5.17 Å². The lowest BCUT2D eigenvalue weighted by Crippen LogP contribution is -2.43. The van der Waals surface area contributed by atoms with Crippen LogP contribution >= 0.6 is 34.4 Å². The van der Waals surface area contributed by atoms with Crippen molar-refractivity contribution < 1.29 is 9.59 Å². The number of amides is 2. The fourth-order valence-corrected chi connectivity index (χ4v) is 3.69. The van der Waals surface area contributed by atoms with Crippen LogP contribution in [0.4, 0.5) is 11.4 Å². The summed E-state index contributed by atoms with van der Waals surface area (Å²) in [7, 11) is 1.69. The first kappa shape index (κ1) is 17.9. The predicted octanol–water partition coefficient (Wildman–Crippen LogP) is 3.88. The third-order valence-corrected chi connectivity index (χ3v) is 5.61. The number of hydrogen-bond acceptors (Lipinski definition) is 4. The minimum atomic E-state index is -0.494. The van der Waals surface area contributed by atoms with Gasteiger partial charge in [0, 0.05) is 22.7 Å². The second-order valence-corrected chi connectivity index (χ2v) is 7.90. The topological polar surface area (TPSA) is 61.8 Å². The molecule has 1 unspecified atom stereocenters. The first-order valence-corrected chi connectivity index (χ1v) is 9.62. The summed E-state index contributed by atoms with van der Waals surface area (Å²) in [4.78, 5) is 30.8. The molecular formula is C18H16IN3O2S. The van der Waals surface area contributed by atoms with Crippen molar-refractivity contribution in [1.29, 1.82) is 0 Å². The van der Waals surface area contributed by atoms with E-state index in [0.717, 1.165) is 14.9 Å². The van der Waals surface area contributed by atoms with E-state index in [1.807, 2.05) is 54.6 Å². The average Bonchev–Trinajstić information content (AvgIpc) is 2.61. The second kappa shape index (κ2) is 8.01. The largest absolute Gasteiger partial charge is 0.325 e. The summed E-state index contributed by atoms with van der Waals surface area (Å²) in [5, 5.41) is 2.89. The second-order valence-electron chi connectivity index (χ2n) is 5.49. The molecule has 25 heavy (non-hydrogen) atoms. The highest BCUT2D eigenvalue weighted by Crippen LogP contribution is 2.29. The van der Waals surface area contributed by atoms with Gasteiger partial charge in [-0.05, 0) is 59.0 Å². The number of nitrogens with one attached hydrogen (secondary N) is 1. The Morgan fingerprint density at radius 1 is 1.20 bits per heavy atom. The number of benzene rings is 2. The van der Waals surface area contributed by atoms with Crippen LogP contribution in [0.15, 0.2) is 59.6 Å². The van der Waals surface area contributed by atoms with Crippen LogP contribution in [0.5, 0.6) is 0 Å². The molecular weight excluding hydrogens is 449 g/mol. The van der Waals surface area contributed by atoms with E-state index in [0.29, 0.717) is 5.17 Å². The summed E-state index contributed by atoms with van der Waals surface area (Å²) in [6.07, 6.45) is 0.158. The Kier molecular flexibility index (Phi) is 5.74. The van der Waals surface area contributed by atoms with Crippen LogP contribution < -0.4 is 5.32 Å². The molecule has 1 heterocycles. The number of anilines is 1. The van der Waals surface area contributed by atoms with E-state index in [9.17, 15) is 9.59 Å². The van der Waals surface area contributed by atoms with Crippen molar-refractivity contribution in [3.63, 3.8) is 0 Å². The lowest BCUT2D eigenvalue weighted by Gasteiger charge is -2.28. The summed E-state index contributed by atoms with van der Waals surface area (Å²) in [5.41, 5.74) is 1.47. The highest BCUT2D eigenvalue weighted by atomic mass is 127. The van der Waals surface area contributed by atoms with E-state index >= 15 is 0 Å². The van der Waals surface area contributed by atoms with Gasteiger partial charge >= 0.3 is 0 Å². The van der Waals surface area contributed by atoms with Gasteiger partial charge in [-0.1, -0.05) is 30.0 Å². The van der Waals surface area contributed by atoms with Gasteiger partial charge in [0.2, 0.25) is 11.8 Å². The maximum atomic E-state index is 12.5. The molecule has 0 aromatic heterocycles. The van der Waals surface area contributed by atoms with Crippen molar-refractivity contribution in [3.05, 3.63) is 58.2 Å². The molecule has 128 valence electrons. The number of hydrogen-bond donors (Lipinski definition) is 1. The number of halogens is 1. The number of carbonyl (C=O) groups is 2. The van der Waals surface area contributed by atoms with Crippen LogP contribution in [0.1, 0.15) is 6.42 Å². The van der Waals surface area contributed by atoms with Crippen molar-refractivity contribution in [1.82, 2.24) is 4.90 Å². The first-order chi connectivity index (χ1) is 12.0. The number of amidine groups is 1. The van der Waals surface area contributed by atoms with Gasteiger partial charge in [-0.2, -0.15) is 0 Å². The Balaban J connectivity index is 1.77. The quantitative estimate of drug-likeness (QED) is 0.701. The molecule has 1 N–H and O–H groups in total. The van der Waals surface area contributed by atoms with E-state index in [2.05, 4.69) is 32.9 Å². The third kappa shape index (κ3) is 4.60. The van der Waals surface area contributed by atoms with Crippen LogP contribution in [-0.4, -0.2) is 34.2 Å². The fourth-order valence-electron chi connectivity index (χ4n) is 2.27. The average molecular weight is 465 g/mol. The van der Waals surface area contributed by atoms with E-state index in [1.165, 1.54) is 16.7 Å². The molecule has 0 aliphatic carbocycles. The van der Waals surface area contributed by atoms with Crippen LogP contribution in [-0.2, 0) is 9.59 Å². The van der Waals surface area contributed by atoms with Crippen molar-refractivity contribution in [2.45, 2.75) is 11.7 Å². The van der Waals surface area contributed by atoms with Gasteiger partial charge in [-0.15, -0.1) is 0 Å². The van der Waals surface area contributed by atoms with E-state index in [4.69, 9.17) is 0 Å². The number of para-hydroxylation sites is 1. The molecule has 1 aliphatic heterocycles. The van der Waals surface area contributed by atoms with E-state index in [-0.39, 0.29) is 18.2 Å². The Labute approximate surface area is 164 Å². The zero-order valence-corrected chi connectivity index (χ0v) is 16.5. The Morgan fingerprint density at radius 2 is 1.88 bits per heavy atom. The van der Waals surface area contributed by atoms with E-state index < -0.39 is 5.25 Å². The molecule has 1 fully saturated rings. The number of nitrogens with zero attached hydrogens (tertiary/aromatic N) is 2. The lowest BCUT2D eigenvalue weighted by atomic mass is 10.2. The Bertz CT molecular complexity index is 809.